The molecule has 0 fully saturated rings. The van der Waals surface area contributed by atoms with Crippen molar-refractivity contribution in [3.8, 4) is 11.5 Å². The highest BCUT2D eigenvalue weighted by molar-refractivity contribution is 6.34. The van der Waals surface area contributed by atoms with Crippen molar-refractivity contribution in [2.75, 3.05) is 10.8 Å². The summed E-state index contributed by atoms with van der Waals surface area (Å²) in [5.74, 6) is -1.74. The second-order valence-electron chi connectivity index (χ2n) is 9.77. The van der Waals surface area contributed by atoms with Crippen LogP contribution in [0.2, 0.25) is 0 Å². The van der Waals surface area contributed by atoms with Crippen LogP contribution in [0.15, 0.2) is 84.9 Å². The largest absolute Gasteiger partial charge is 0.457 e. The van der Waals surface area contributed by atoms with Crippen molar-refractivity contribution in [3.05, 3.63) is 124 Å². The van der Waals surface area contributed by atoms with E-state index < -0.39 is 35.5 Å². The molecule has 0 aromatic heterocycles. The van der Waals surface area contributed by atoms with E-state index in [9.17, 15) is 23.6 Å². The third-order valence-electron chi connectivity index (χ3n) is 6.89. The number of halogens is 2. The van der Waals surface area contributed by atoms with Crippen LogP contribution in [-0.4, -0.2) is 35.6 Å². The van der Waals surface area contributed by atoms with Crippen LogP contribution in [0, 0.1) is 19.7 Å². The van der Waals surface area contributed by atoms with E-state index in [2.05, 4.69) is 0 Å². The summed E-state index contributed by atoms with van der Waals surface area (Å²) in [5.41, 5.74) is 2.60. The summed E-state index contributed by atoms with van der Waals surface area (Å²) < 4.78 is 24.8. The third kappa shape index (κ3) is 5.66. The standard InChI is InChI=1S/C33H25ClFNO6/c1-19-4-3-5-20(2)30(19)41-25-13-11-24(12-14-25)36-31(38)26-15-8-22(18-27(26)32(36)39)33(40)42-28(16-17-34)29(37)21-6-9-23(35)10-7-21/h3-15,18,28H,16-17H2,1-2H3. The molecule has 4 aromatic rings. The average molecular weight is 586 g/mol. The number of hydrogen-bond donors (Lipinski definition) is 0. The highest BCUT2D eigenvalue weighted by Gasteiger charge is 2.37. The first-order valence-electron chi connectivity index (χ1n) is 13.1. The summed E-state index contributed by atoms with van der Waals surface area (Å²) in [7, 11) is 0. The Balaban J connectivity index is 1.33. The number of ether oxygens (including phenoxy) is 2. The lowest BCUT2D eigenvalue weighted by atomic mass is 10.0. The predicted molar refractivity (Wildman–Crippen MR) is 155 cm³/mol. The molecule has 42 heavy (non-hydrogen) atoms. The van der Waals surface area contributed by atoms with E-state index in [1.54, 1.807) is 24.3 Å². The molecular weight excluding hydrogens is 561 g/mol. The molecule has 1 unspecified atom stereocenters. The number of amides is 2. The number of carbonyl (C=O) groups excluding carboxylic acids is 4. The van der Waals surface area contributed by atoms with Gasteiger partial charge in [0.05, 0.1) is 22.4 Å². The monoisotopic (exact) mass is 585 g/mol. The Morgan fingerprint density at radius 2 is 1.45 bits per heavy atom. The molecule has 0 spiro atoms. The normalized spacial score (nSPS) is 13.1. The molecule has 5 rings (SSSR count). The summed E-state index contributed by atoms with van der Waals surface area (Å²) in [5, 5.41) is 0. The van der Waals surface area contributed by atoms with Gasteiger partial charge in [-0.2, -0.15) is 0 Å². The Kier molecular flexibility index (Phi) is 8.17. The van der Waals surface area contributed by atoms with Gasteiger partial charge in [0, 0.05) is 17.9 Å². The Morgan fingerprint density at radius 3 is 2.10 bits per heavy atom. The van der Waals surface area contributed by atoms with Crippen LogP contribution in [0.3, 0.4) is 0 Å². The number of nitrogens with zero attached hydrogens (tertiary/aromatic N) is 1. The first kappa shape index (κ1) is 28.7. The number of alkyl halides is 1. The first-order valence-corrected chi connectivity index (χ1v) is 13.6. The quantitative estimate of drug-likeness (QED) is 0.0903. The second kappa shape index (κ2) is 12.0. The smallest absolute Gasteiger partial charge is 0.338 e. The van der Waals surface area contributed by atoms with Crippen LogP contribution in [0.4, 0.5) is 10.1 Å². The average Bonchev–Trinajstić information content (AvgIpc) is 3.24. The minimum Gasteiger partial charge on any atom is -0.457 e. The maximum absolute atomic E-state index is 13.3. The van der Waals surface area contributed by atoms with Crippen LogP contribution >= 0.6 is 11.6 Å². The van der Waals surface area contributed by atoms with Gasteiger partial charge in [-0.25, -0.2) is 14.1 Å². The maximum atomic E-state index is 13.3. The molecular formula is C33H25ClFNO6. The number of anilines is 1. The number of fused-ring (bicyclic) bond motifs is 1. The van der Waals surface area contributed by atoms with Gasteiger partial charge >= 0.3 is 5.97 Å². The molecule has 9 heteroatoms. The van der Waals surface area contributed by atoms with Crippen molar-refractivity contribution in [2.45, 2.75) is 26.4 Å². The van der Waals surface area contributed by atoms with Crippen molar-refractivity contribution < 1.29 is 33.0 Å². The van der Waals surface area contributed by atoms with Crippen LogP contribution in [-0.2, 0) is 4.74 Å². The van der Waals surface area contributed by atoms with Gasteiger partial charge in [-0.15, -0.1) is 11.6 Å². The van der Waals surface area contributed by atoms with Gasteiger partial charge in [-0.05, 0) is 91.7 Å². The SMILES string of the molecule is Cc1cccc(C)c1Oc1ccc(N2C(=O)c3ccc(C(=O)OC(CCCl)C(=O)c4ccc(F)cc4)cc3C2=O)cc1. The van der Waals surface area contributed by atoms with E-state index in [1.807, 2.05) is 32.0 Å². The number of para-hydroxylation sites is 1. The van der Waals surface area contributed by atoms with Crippen molar-refractivity contribution >= 4 is 40.9 Å². The van der Waals surface area contributed by atoms with Crippen LogP contribution in [0.25, 0.3) is 0 Å². The van der Waals surface area contributed by atoms with Gasteiger partial charge in [-0.3, -0.25) is 14.4 Å². The zero-order valence-electron chi connectivity index (χ0n) is 22.7. The number of esters is 1. The zero-order chi connectivity index (χ0) is 30.0. The minimum atomic E-state index is -1.22. The third-order valence-corrected chi connectivity index (χ3v) is 7.11. The topological polar surface area (TPSA) is 90.0 Å². The van der Waals surface area contributed by atoms with E-state index in [0.717, 1.165) is 33.9 Å². The van der Waals surface area contributed by atoms with Gasteiger partial charge < -0.3 is 9.47 Å². The van der Waals surface area contributed by atoms with Crippen molar-refractivity contribution in [3.63, 3.8) is 0 Å². The number of hydrogen-bond acceptors (Lipinski definition) is 6. The lowest BCUT2D eigenvalue weighted by molar-refractivity contribution is 0.0278. The van der Waals surface area contributed by atoms with Gasteiger partial charge in [0.2, 0.25) is 5.78 Å². The Bertz CT molecular complexity index is 1680. The number of benzene rings is 4. The number of Topliss-reactive ketones (excluding diaryl/α,β-unsaturated/α-hetero) is 1. The van der Waals surface area contributed by atoms with Gasteiger partial charge in [0.1, 0.15) is 17.3 Å². The van der Waals surface area contributed by atoms with E-state index in [-0.39, 0.29) is 34.6 Å². The Morgan fingerprint density at radius 1 is 0.833 bits per heavy atom. The molecule has 1 aliphatic rings. The second-order valence-corrected chi connectivity index (χ2v) is 10.1. The van der Waals surface area contributed by atoms with Crippen molar-refractivity contribution in [2.24, 2.45) is 0 Å². The molecule has 0 radical (unpaired) electrons. The molecule has 0 saturated carbocycles. The fourth-order valence-electron chi connectivity index (χ4n) is 4.68. The van der Waals surface area contributed by atoms with E-state index in [0.29, 0.717) is 11.4 Å². The molecule has 0 aliphatic carbocycles. The van der Waals surface area contributed by atoms with E-state index >= 15 is 0 Å². The fraction of sp³-hybridized carbons (Fsp3) is 0.152. The van der Waals surface area contributed by atoms with Crippen LogP contribution in [0.5, 0.6) is 11.5 Å². The molecule has 1 aliphatic heterocycles. The highest BCUT2D eigenvalue weighted by atomic mass is 35.5. The predicted octanol–water partition coefficient (Wildman–Crippen LogP) is 7.07. The van der Waals surface area contributed by atoms with Gasteiger partial charge in [0.15, 0.2) is 6.10 Å². The molecule has 7 nitrogen and oxygen atoms in total. The molecule has 1 heterocycles. The molecule has 2 amide bonds. The molecule has 0 saturated heterocycles. The Hall–Kier alpha value is -4.82. The molecule has 4 aromatic carbocycles. The fourth-order valence-corrected chi connectivity index (χ4v) is 4.88. The zero-order valence-corrected chi connectivity index (χ0v) is 23.5. The molecule has 0 N–H and O–H groups in total. The summed E-state index contributed by atoms with van der Waals surface area (Å²) in [6.45, 7) is 3.89. The van der Waals surface area contributed by atoms with Crippen molar-refractivity contribution in [1.29, 1.82) is 0 Å². The number of imide groups is 1. The summed E-state index contributed by atoms with van der Waals surface area (Å²) in [4.78, 5) is 53.4. The minimum absolute atomic E-state index is 0.0134. The summed E-state index contributed by atoms with van der Waals surface area (Å²) >= 11 is 5.83. The first-order chi connectivity index (χ1) is 20.2. The van der Waals surface area contributed by atoms with Crippen molar-refractivity contribution in [1.82, 2.24) is 0 Å². The number of aryl methyl sites for hydroxylation is 2. The number of ketones is 1. The van der Waals surface area contributed by atoms with Gasteiger partial charge in [-0.1, -0.05) is 18.2 Å². The van der Waals surface area contributed by atoms with E-state index in [4.69, 9.17) is 21.1 Å². The number of rotatable bonds is 9. The Labute approximate surface area is 246 Å². The number of carbonyl (C=O) groups is 4. The summed E-state index contributed by atoms with van der Waals surface area (Å²) in [6.07, 6.45) is -1.19. The van der Waals surface area contributed by atoms with Crippen LogP contribution < -0.4 is 9.64 Å². The maximum Gasteiger partial charge on any atom is 0.338 e. The summed E-state index contributed by atoms with van der Waals surface area (Å²) in [6, 6.07) is 21.3. The lowest BCUT2D eigenvalue weighted by Crippen LogP contribution is -2.29. The molecule has 1 atom stereocenters. The van der Waals surface area contributed by atoms with E-state index in [1.165, 1.54) is 30.3 Å². The van der Waals surface area contributed by atoms with Gasteiger partial charge in [0.25, 0.3) is 11.8 Å². The highest BCUT2D eigenvalue weighted by Crippen LogP contribution is 2.33. The van der Waals surface area contributed by atoms with Crippen LogP contribution in [0.1, 0.15) is 59.0 Å². The lowest BCUT2D eigenvalue weighted by Gasteiger charge is -2.16. The molecule has 212 valence electrons. The molecule has 0 bridgehead atoms.